The fraction of sp³-hybridized carbons (Fsp3) is 0.321. The fourth-order valence-corrected chi connectivity index (χ4v) is 4.36. The summed E-state index contributed by atoms with van der Waals surface area (Å²) in [5, 5.41) is 17.7. The Kier molecular flexibility index (Phi) is 7.44. The minimum atomic E-state index is -0.323. The molecule has 3 aromatic rings. The van der Waals surface area contributed by atoms with Crippen LogP contribution in [0, 0.1) is 18.3 Å². The van der Waals surface area contributed by atoms with E-state index >= 15 is 0 Å². The minimum absolute atomic E-state index is 0.0853. The van der Waals surface area contributed by atoms with Gasteiger partial charge in [-0.3, -0.25) is 4.79 Å². The Labute approximate surface area is 200 Å². The third-order valence-electron chi connectivity index (χ3n) is 6.12. The van der Waals surface area contributed by atoms with Crippen molar-refractivity contribution in [1.29, 1.82) is 5.26 Å². The van der Waals surface area contributed by atoms with E-state index in [0.717, 1.165) is 48.2 Å². The molecule has 1 aliphatic carbocycles. The maximum atomic E-state index is 12.9. The molecule has 0 bridgehead atoms. The summed E-state index contributed by atoms with van der Waals surface area (Å²) in [6.45, 7) is 4.55. The zero-order valence-electron chi connectivity index (χ0n) is 19.8. The van der Waals surface area contributed by atoms with Crippen LogP contribution in [-0.4, -0.2) is 28.3 Å². The van der Waals surface area contributed by atoms with Crippen molar-refractivity contribution in [3.05, 3.63) is 71.4 Å². The van der Waals surface area contributed by atoms with E-state index in [1.807, 2.05) is 68.6 Å². The highest BCUT2D eigenvalue weighted by molar-refractivity contribution is 6.02. The Morgan fingerprint density at radius 2 is 1.97 bits per heavy atom. The van der Waals surface area contributed by atoms with Gasteiger partial charge in [-0.1, -0.05) is 37.5 Å². The first kappa shape index (κ1) is 23.3. The highest BCUT2D eigenvalue weighted by Gasteiger charge is 2.20. The molecule has 0 saturated heterocycles. The molecule has 0 aliphatic heterocycles. The molecule has 174 valence electrons. The van der Waals surface area contributed by atoms with Crippen molar-refractivity contribution >= 4 is 12.0 Å². The summed E-state index contributed by atoms with van der Waals surface area (Å²) in [5.41, 5.74) is 4.29. The molecule has 2 aromatic carbocycles. The van der Waals surface area contributed by atoms with E-state index in [-0.39, 0.29) is 17.5 Å². The summed E-state index contributed by atoms with van der Waals surface area (Å²) in [6, 6.07) is 17.9. The fourth-order valence-electron chi connectivity index (χ4n) is 4.36. The average molecular weight is 455 g/mol. The van der Waals surface area contributed by atoms with E-state index in [0.29, 0.717) is 17.9 Å². The Morgan fingerprint density at radius 1 is 1.21 bits per heavy atom. The molecule has 1 amide bonds. The first-order chi connectivity index (χ1) is 16.6. The second kappa shape index (κ2) is 10.8. The van der Waals surface area contributed by atoms with Gasteiger partial charge in [0.1, 0.15) is 23.1 Å². The van der Waals surface area contributed by atoms with Crippen LogP contribution in [0.1, 0.15) is 50.2 Å². The smallest absolute Gasteiger partial charge is 0.262 e. The normalized spacial score (nSPS) is 14.4. The zero-order chi connectivity index (χ0) is 23.9. The maximum absolute atomic E-state index is 12.9. The van der Waals surface area contributed by atoms with Gasteiger partial charge in [0.2, 0.25) is 0 Å². The van der Waals surface area contributed by atoms with Crippen LogP contribution in [0.15, 0.2) is 60.3 Å². The molecule has 0 spiro atoms. The summed E-state index contributed by atoms with van der Waals surface area (Å²) in [4.78, 5) is 12.9. The van der Waals surface area contributed by atoms with Crippen molar-refractivity contribution in [2.45, 2.75) is 52.0 Å². The molecule has 1 N–H and O–H groups in total. The van der Waals surface area contributed by atoms with Gasteiger partial charge >= 0.3 is 0 Å². The number of carbonyl (C=O) groups is 1. The monoisotopic (exact) mass is 454 g/mol. The van der Waals surface area contributed by atoms with Crippen molar-refractivity contribution in [1.82, 2.24) is 15.1 Å². The number of rotatable bonds is 7. The topological polar surface area (TPSA) is 79.9 Å². The first-order valence-corrected chi connectivity index (χ1v) is 11.9. The lowest BCUT2D eigenvalue weighted by molar-refractivity contribution is -0.117. The van der Waals surface area contributed by atoms with Crippen molar-refractivity contribution in [3.63, 3.8) is 0 Å². The molecule has 1 fully saturated rings. The van der Waals surface area contributed by atoms with Gasteiger partial charge in [-0.25, -0.2) is 4.68 Å². The van der Waals surface area contributed by atoms with Crippen LogP contribution in [0.4, 0.5) is 0 Å². The number of amides is 1. The quantitative estimate of drug-likeness (QED) is 0.372. The highest BCUT2D eigenvalue weighted by Crippen LogP contribution is 2.30. The number of ether oxygens (including phenoxy) is 1. The summed E-state index contributed by atoms with van der Waals surface area (Å²) >= 11 is 0. The van der Waals surface area contributed by atoms with Crippen LogP contribution in [-0.2, 0) is 4.79 Å². The number of nitrogens with one attached hydrogen (secondary N) is 1. The van der Waals surface area contributed by atoms with E-state index in [2.05, 4.69) is 11.4 Å². The van der Waals surface area contributed by atoms with Gasteiger partial charge in [-0.15, -0.1) is 0 Å². The van der Waals surface area contributed by atoms with Crippen LogP contribution in [0.25, 0.3) is 23.0 Å². The predicted octanol–water partition coefficient (Wildman–Crippen LogP) is 5.60. The van der Waals surface area contributed by atoms with Crippen LogP contribution >= 0.6 is 0 Å². The van der Waals surface area contributed by atoms with Gasteiger partial charge in [-0.05, 0) is 68.7 Å². The molecule has 6 heteroatoms. The third-order valence-corrected chi connectivity index (χ3v) is 6.12. The molecule has 1 aliphatic rings. The highest BCUT2D eigenvalue weighted by atomic mass is 16.5. The number of nitriles is 1. The second-order valence-corrected chi connectivity index (χ2v) is 8.60. The largest absolute Gasteiger partial charge is 0.494 e. The number of aryl methyl sites for hydroxylation is 1. The van der Waals surface area contributed by atoms with E-state index in [1.54, 1.807) is 10.8 Å². The Morgan fingerprint density at radius 3 is 2.65 bits per heavy atom. The summed E-state index contributed by atoms with van der Waals surface area (Å²) in [6.07, 6.45) is 8.87. The second-order valence-electron chi connectivity index (χ2n) is 8.60. The van der Waals surface area contributed by atoms with Crippen LogP contribution in [0.3, 0.4) is 0 Å². The number of hydrogen-bond donors (Lipinski definition) is 1. The molecular weight excluding hydrogens is 424 g/mol. The number of hydrogen-bond acceptors (Lipinski definition) is 4. The van der Waals surface area contributed by atoms with Crippen molar-refractivity contribution < 1.29 is 9.53 Å². The number of nitrogens with zero attached hydrogens (tertiary/aromatic N) is 3. The summed E-state index contributed by atoms with van der Waals surface area (Å²) < 4.78 is 7.46. The molecule has 1 aromatic heterocycles. The number of para-hydroxylation sites is 1. The lowest BCUT2D eigenvalue weighted by Crippen LogP contribution is -2.36. The first-order valence-electron chi connectivity index (χ1n) is 11.9. The van der Waals surface area contributed by atoms with E-state index in [1.165, 1.54) is 6.42 Å². The maximum Gasteiger partial charge on any atom is 0.262 e. The van der Waals surface area contributed by atoms with Crippen molar-refractivity contribution in [3.8, 4) is 28.8 Å². The van der Waals surface area contributed by atoms with Gasteiger partial charge in [-0.2, -0.15) is 10.4 Å². The Balaban J connectivity index is 1.72. The molecule has 0 atom stereocenters. The average Bonchev–Trinajstić information content (AvgIpc) is 3.29. The predicted molar refractivity (Wildman–Crippen MR) is 134 cm³/mol. The van der Waals surface area contributed by atoms with E-state index in [9.17, 15) is 10.1 Å². The molecule has 4 rings (SSSR count). The van der Waals surface area contributed by atoms with Gasteiger partial charge in [0.15, 0.2) is 0 Å². The van der Waals surface area contributed by atoms with Gasteiger partial charge in [0.25, 0.3) is 5.91 Å². The van der Waals surface area contributed by atoms with Crippen LogP contribution in [0.2, 0.25) is 0 Å². The van der Waals surface area contributed by atoms with Crippen molar-refractivity contribution in [2.24, 2.45) is 0 Å². The lowest BCUT2D eigenvalue weighted by atomic mass is 9.95. The van der Waals surface area contributed by atoms with Gasteiger partial charge < -0.3 is 10.1 Å². The van der Waals surface area contributed by atoms with Crippen molar-refractivity contribution in [2.75, 3.05) is 6.61 Å². The Bertz CT molecular complexity index is 1210. The van der Waals surface area contributed by atoms with E-state index in [4.69, 9.17) is 9.84 Å². The van der Waals surface area contributed by atoms with Gasteiger partial charge in [0, 0.05) is 23.4 Å². The molecule has 34 heavy (non-hydrogen) atoms. The molecule has 1 heterocycles. The molecule has 1 saturated carbocycles. The van der Waals surface area contributed by atoms with Crippen LogP contribution in [0.5, 0.6) is 5.75 Å². The number of carbonyl (C=O) groups excluding carboxylic acids is 1. The Hall–Kier alpha value is -3.85. The summed E-state index contributed by atoms with van der Waals surface area (Å²) in [7, 11) is 0. The SMILES string of the molecule is CCOc1ccc(-c2nn(-c3ccccc3)cc2/C=C(/C#N)C(=O)NC2CCCCC2)cc1C. The molecule has 6 nitrogen and oxygen atoms in total. The summed E-state index contributed by atoms with van der Waals surface area (Å²) in [5.74, 6) is 0.506. The lowest BCUT2D eigenvalue weighted by Gasteiger charge is -2.22. The number of aromatic nitrogens is 2. The third kappa shape index (κ3) is 5.37. The number of benzene rings is 2. The van der Waals surface area contributed by atoms with E-state index < -0.39 is 0 Å². The standard InChI is InChI=1S/C28H30N4O2/c1-3-34-26-15-14-21(16-20(26)2)27-23(19-32(31-27)25-12-8-5-9-13-25)17-22(18-29)28(33)30-24-10-6-4-7-11-24/h5,8-9,12-17,19,24H,3-4,6-7,10-11H2,1-2H3,(H,30,33)/b22-17-. The molecule has 0 radical (unpaired) electrons. The van der Waals surface area contributed by atoms with Gasteiger partial charge in [0.05, 0.1) is 12.3 Å². The molecule has 0 unspecified atom stereocenters. The zero-order valence-corrected chi connectivity index (χ0v) is 19.8. The molecular formula is C28H30N4O2. The van der Waals surface area contributed by atoms with Crippen LogP contribution < -0.4 is 10.1 Å². The minimum Gasteiger partial charge on any atom is -0.494 e.